The van der Waals surface area contributed by atoms with Crippen LogP contribution in [0, 0.1) is 23.7 Å². The van der Waals surface area contributed by atoms with Gasteiger partial charge in [0.1, 0.15) is 13.2 Å². The number of benzene rings is 3. The molecule has 5 rings (SSSR count). The zero-order chi connectivity index (χ0) is 39.9. The molecule has 0 spiro atoms. The summed E-state index contributed by atoms with van der Waals surface area (Å²) >= 11 is 0. The van der Waals surface area contributed by atoms with Crippen LogP contribution in [0.5, 0.6) is 0 Å². The quantitative estimate of drug-likeness (QED) is 0.0620. The number of ether oxygens (including phenoxy) is 4. The minimum absolute atomic E-state index is 0.0434. The lowest BCUT2D eigenvalue weighted by molar-refractivity contribution is -0.153. The van der Waals surface area contributed by atoms with Crippen LogP contribution in [-0.2, 0) is 68.7 Å². The van der Waals surface area contributed by atoms with Crippen LogP contribution in [0.15, 0.2) is 110 Å². The van der Waals surface area contributed by atoms with Crippen molar-refractivity contribution in [2.24, 2.45) is 37.8 Å². The summed E-state index contributed by atoms with van der Waals surface area (Å²) in [6.07, 6.45) is 8.81. The maximum absolute atomic E-state index is 13.5. The Bertz CT molecular complexity index is 1860. The minimum atomic E-state index is -0.526. The molecule has 0 aliphatic rings. The van der Waals surface area contributed by atoms with Crippen LogP contribution < -0.4 is 0 Å². The van der Waals surface area contributed by atoms with Crippen LogP contribution in [0.4, 0.5) is 0 Å². The lowest BCUT2D eigenvalue weighted by Gasteiger charge is -2.25. The van der Waals surface area contributed by atoms with Crippen molar-refractivity contribution in [2.45, 2.75) is 52.7 Å². The summed E-state index contributed by atoms with van der Waals surface area (Å²) in [7, 11) is 3.77. The summed E-state index contributed by atoms with van der Waals surface area (Å²) < 4.78 is 26.8. The summed E-state index contributed by atoms with van der Waals surface area (Å²) in [6.45, 7) is 4.01. The maximum atomic E-state index is 13.5. The molecule has 3 aromatic carbocycles. The Kier molecular flexibility index (Phi) is 15.1. The van der Waals surface area contributed by atoms with Crippen molar-refractivity contribution in [3.63, 3.8) is 0 Å². The van der Waals surface area contributed by atoms with Crippen LogP contribution >= 0.6 is 0 Å². The smallest absolute Gasteiger partial charge is 0.338 e. The van der Waals surface area contributed by atoms with Crippen LogP contribution in [0.3, 0.4) is 0 Å². The topological polar surface area (TPSA) is 141 Å². The van der Waals surface area contributed by atoms with Crippen molar-refractivity contribution in [3.8, 4) is 0 Å². The molecule has 4 atom stereocenters. The molecule has 0 radical (unpaired) electrons. The Balaban J connectivity index is 1.16. The number of aromatic nitrogens is 4. The highest BCUT2D eigenvalue weighted by atomic mass is 16.5. The van der Waals surface area contributed by atoms with Crippen LogP contribution in [0.25, 0.3) is 0 Å². The largest absolute Gasteiger partial charge is 0.462 e. The minimum Gasteiger partial charge on any atom is -0.462 e. The van der Waals surface area contributed by atoms with Crippen molar-refractivity contribution >= 4 is 23.9 Å². The fourth-order valence-corrected chi connectivity index (χ4v) is 6.65. The number of carbonyl (C=O) groups is 4. The highest BCUT2D eigenvalue weighted by Gasteiger charge is 2.32. The Hall–Kier alpha value is -6.04. The standard InChI is InChI=1S/C44H50N4O8/c1-5-39(35(21-37-23-45-29-47(37)3)27-55-41(49)33-13-9-7-10-14-33)43(51)53-25-31-17-19-32(20-18-31)26-54-44(52)40(6-2)36(22-38-24-46-30-48(38)4)28-56-42(50)34-15-11-8-12-16-34/h7-20,23-24,29-30,35-36,39-40H,5-6,21-22,25-28H2,1-4H3. The molecule has 294 valence electrons. The van der Waals surface area contributed by atoms with Crippen LogP contribution in [-0.4, -0.2) is 56.2 Å². The molecule has 0 saturated carbocycles. The Labute approximate surface area is 327 Å². The predicted octanol–water partition coefficient (Wildman–Crippen LogP) is 6.72. The lowest BCUT2D eigenvalue weighted by atomic mass is 9.87. The van der Waals surface area contributed by atoms with E-state index in [0.717, 1.165) is 22.5 Å². The highest BCUT2D eigenvalue weighted by molar-refractivity contribution is 5.89. The van der Waals surface area contributed by atoms with Gasteiger partial charge in [-0.3, -0.25) is 9.59 Å². The van der Waals surface area contributed by atoms with Gasteiger partial charge in [0, 0.05) is 49.7 Å². The molecule has 0 bridgehead atoms. The monoisotopic (exact) mass is 762 g/mol. The number of esters is 4. The average Bonchev–Trinajstić information content (AvgIpc) is 3.84. The fraction of sp³-hybridized carbons (Fsp3) is 0.364. The summed E-state index contributed by atoms with van der Waals surface area (Å²) in [5, 5.41) is 0. The number of hydrogen-bond donors (Lipinski definition) is 0. The van der Waals surface area contributed by atoms with Crippen molar-refractivity contribution in [1.29, 1.82) is 0 Å². The van der Waals surface area contributed by atoms with Crippen molar-refractivity contribution in [1.82, 2.24) is 19.1 Å². The first-order valence-corrected chi connectivity index (χ1v) is 18.9. The highest BCUT2D eigenvalue weighted by Crippen LogP contribution is 2.26. The molecule has 0 aliphatic carbocycles. The van der Waals surface area contributed by atoms with Gasteiger partial charge < -0.3 is 28.1 Å². The molecule has 56 heavy (non-hydrogen) atoms. The van der Waals surface area contributed by atoms with E-state index >= 15 is 0 Å². The Morgan fingerprint density at radius 1 is 0.554 bits per heavy atom. The summed E-state index contributed by atoms with van der Waals surface area (Å²) in [6, 6.07) is 24.8. The lowest BCUT2D eigenvalue weighted by Crippen LogP contribution is -2.31. The van der Waals surface area contributed by atoms with Gasteiger partial charge in [0.2, 0.25) is 0 Å². The maximum Gasteiger partial charge on any atom is 0.338 e. The number of carbonyl (C=O) groups excluding carboxylic acids is 4. The van der Waals surface area contributed by atoms with E-state index in [-0.39, 0.29) is 50.2 Å². The molecule has 12 nitrogen and oxygen atoms in total. The Morgan fingerprint density at radius 3 is 1.25 bits per heavy atom. The third kappa shape index (κ3) is 11.5. The molecule has 2 heterocycles. The normalized spacial score (nSPS) is 13.2. The fourth-order valence-electron chi connectivity index (χ4n) is 6.65. The van der Waals surface area contributed by atoms with E-state index in [2.05, 4.69) is 9.97 Å². The van der Waals surface area contributed by atoms with E-state index in [0.29, 0.717) is 36.8 Å². The van der Waals surface area contributed by atoms with Gasteiger partial charge in [-0.05, 0) is 61.1 Å². The molecular formula is C44H50N4O8. The number of hydrogen-bond acceptors (Lipinski definition) is 10. The van der Waals surface area contributed by atoms with Crippen LogP contribution in [0.1, 0.15) is 69.9 Å². The number of aryl methyl sites for hydroxylation is 2. The number of rotatable bonds is 20. The van der Waals surface area contributed by atoms with Gasteiger partial charge in [0.05, 0.1) is 48.8 Å². The van der Waals surface area contributed by atoms with Gasteiger partial charge in [-0.1, -0.05) is 74.5 Å². The molecule has 2 aromatic heterocycles. The van der Waals surface area contributed by atoms with E-state index in [1.807, 2.05) is 73.5 Å². The molecule has 0 fully saturated rings. The first kappa shape index (κ1) is 41.1. The van der Waals surface area contributed by atoms with Gasteiger partial charge in [-0.2, -0.15) is 0 Å². The van der Waals surface area contributed by atoms with Crippen molar-refractivity contribution in [3.05, 3.63) is 144 Å². The molecule has 12 heteroatoms. The number of nitrogens with zero attached hydrogens (tertiary/aromatic N) is 4. The third-order valence-electron chi connectivity index (χ3n) is 10.1. The zero-order valence-corrected chi connectivity index (χ0v) is 32.4. The predicted molar refractivity (Wildman–Crippen MR) is 208 cm³/mol. The Morgan fingerprint density at radius 2 is 0.929 bits per heavy atom. The van der Waals surface area contributed by atoms with Crippen molar-refractivity contribution < 1.29 is 38.1 Å². The van der Waals surface area contributed by atoms with E-state index in [1.54, 1.807) is 73.6 Å². The molecule has 0 amide bonds. The van der Waals surface area contributed by atoms with E-state index < -0.39 is 23.8 Å². The third-order valence-corrected chi connectivity index (χ3v) is 10.1. The summed E-state index contributed by atoms with van der Waals surface area (Å²) in [5.41, 5.74) is 4.24. The molecule has 0 N–H and O–H groups in total. The zero-order valence-electron chi connectivity index (χ0n) is 32.4. The molecule has 0 saturated heterocycles. The first-order chi connectivity index (χ1) is 27.2. The second-order valence-electron chi connectivity index (χ2n) is 13.9. The first-order valence-electron chi connectivity index (χ1n) is 18.9. The van der Waals surface area contributed by atoms with Gasteiger partial charge >= 0.3 is 23.9 Å². The number of imidazole rings is 2. The van der Waals surface area contributed by atoms with Crippen molar-refractivity contribution in [2.75, 3.05) is 13.2 Å². The molecule has 4 unspecified atom stereocenters. The van der Waals surface area contributed by atoms with Crippen LogP contribution in [0.2, 0.25) is 0 Å². The second-order valence-corrected chi connectivity index (χ2v) is 13.9. The van der Waals surface area contributed by atoms with E-state index in [9.17, 15) is 19.2 Å². The van der Waals surface area contributed by atoms with Gasteiger partial charge in [-0.25, -0.2) is 19.6 Å². The summed E-state index contributed by atoms with van der Waals surface area (Å²) in [4.78, 5) is 60.9. The molecule has 0 aliphatic heterocycles. The van der Waals surface area contributed by atoms with Gasteiger partial charge in [0.15, 0.2) is 0 Å². The van der Waals surface area contributed by atoms with E-state index in [4.69, 9.17) is 18.9 Å². The van der Waals surface area contributed by atoms with Gasteiger partial charge in [0.25, 0.3) is 0 Å². The summed E-state index contributed by atoms with van der Waals surface area (Å²) in [5.74, 6) is -3.38. The average molecular weight is 763 g/mol. The second kappa shape index (κ2) is 20.6. The van der Waals surface area contributed by atoms with E-state index in [1.165, 1.54) is 0 Å². The molecule has 5 aromatic rings. The van der Waals surface area contributed by atoms with Gasteiger partial charge in [-0.15, -0.1) is 0 Å². The SMILES string of the molecule is CCC(C(=O)OCc1ccc(COC(=O)C(CC)C(COC(=O)c2ccccc2)Cc2cncn2C)cc1)C(COC(=O)c1ccccc1)Cc1cncn1C. The molecular weight excluding hydrogens is 713 g/mol.